The van der Waals surface area contributed by atoms with E-state index in [0.717, 1.165) is 16.6 Å². The van der Waals surface area contributed by atoms with E-state index in [9.17, 15) is 5.11 Å². The molecule has 2 N–H and O–H groups in total. The first kappa shape index (κ1) is 16.7. The van der Waals surface area contributed by atoms with Gasteiger partial charge >= 0.3 is 0 Å². The molecule has 2 rings (SSSR count). The first-order chi connectivity index (χ1) is 10.2. The summed E-state index contributed by atoms with van der Waals surface area (Å²) >= 11 is 1.98. The summed E-state index contributed by atoms with van der Waals surface area (Å²) < 4.78 is 5.68. The minimum Gasteiger partial charge on any atom is -0.491 e. The van der Waals surface area contributed by atoms with Crippen LogP contribution in [0, 0.1) is 6.92 Å². The van der Waals surface area contributed by atoms with E-state index in [-0.39, 0.29) is 0 Å². The maximum Gasteiger partial charge on any atom is 0.122 e. The lowest BCUT2D eigenvalue weighted by Crippen LogP contribution is -2.40. The van der Waals surface area contributed by atoms with Gasteiger partial charge in [0, 0.05) is 17.8 Å². The van der Waals surface area contributed by atoms with Crippen LogP contribution in [0.3, 0.4) is 0 Å². The monoisotopic (exact) mass is 309 g/mol. The summed E-state index contributed by atoms with van der Waals surface area (Å²) in [4.78, 5) is 0. The van der Waals surface area contributed by atoms with Crippen molar-refractivity contribution in [3.63, 3.8) is 0 Å². The van der Waals surface area contributed by atoms with Crippen LogP contribution in [-0.2, 0) is 0 Å². The molecule has 0 bridgehead atoms. The van der Waals surface area contributed by atoms with E-state index < -0.39 is 6.10 Å². The third-order valence-electron chi connectivity index (χ3n) is 4.17. The van der Waals surface area contributed by atoms with Crippen molar-refractivity contribution in [2.24, 2.45) is 0 Å². The van der Waals surface area contributed by atoms with Gasteiger partial charge in [0.1, 0.15) is 18.5 Å². The van der Waals surface area contributed by atoms with Gasteiger partial charge in [-0.25, -0.2) is 0 Å². The van der Waals surface area contributed by atoms with Crippen molar-refractivity contribution < 1.29 is 9.84 Å². The summed E-state index contributed by atoms with van der Waals surface area (Å²) in [6.07, 6.45) is 6.75. The zero-order valence-corrected chi connectivity index (χ0v) is 13.9. The van der Waals surface area contributed by atoms with Crippen LogP contribution in [0.25, 0.3) is 0 Å². The topological polar surface area (TPSA) is 41.5 Å². The molecule has 1 aromatic rings. The fourth-order valence-electron chi connectivity index (χ4n) is 2.77. The van der Waals surface area contributed by atoms with Crippen LogP contribution < -0.4 is 10.1 Å². The minimum atomic E-state index is -0.456. The molecule has 0 amide bonds. The number of hydrogen-bond acceptors (Lipinski definition) is 4. The van der Waals surface area contributed by atoms with Gasteiger partial charge in [-0.3, -0.25) is 0 Å². The maximum atomic E-state index is 10.0. The van der Waals surface area contributed by atoms with Crippen molar-refractivity contribution in [1.82, 2.24) is 5.32 Å². The summed E-state index contributed by atoms with van der Waals surface area (Å²) in [5.74, 6) is 0.858. The zero-order valence-electron chi connectivity index (χ0n) is 13.0. The van der Waals surface area contributed by atoms with Gasteiger partial charge in [-0.15, -0.1) is 0 Å². The van der Waals surface area contributed by atoms with Crippen molar-refractivity contribution in [2.75, 3.05) is 19.4 Å². The highest BCUT2D eigenvalue weighted by Gasteiger charge is 2.20. The van der Waals surface area contributed by atoms with E-state index in [4.69, 9.17) is 4.74 Å². The van der Waals surface area contributed by atoms with Gasteiger partial charge in [-0.1, -0.05) is 18.2 Å². The lowest BCUT2D eigenvalue weighted by Gasteiger charge is -2.28. The van der Waals surface area contributed by atoms with Crippen molar-refractivity contribution in [2.45, 2.75) is 50.0 Å². The molecule has 0 aromatic heterocycles. The first-order valence-corrected chi connectivity index (χ1v) is 9.10. The Hall–Kier alpha value is -0.710. The molecule has 0 aliphatic heterocycles. The fourth-order valence-corrected chi connectivity index (χ4v) is 3.51. The number of aliphatic hydroxyl groups excluding tert-OH is 1. The molecule has 1 aromatic carbocycles. The van der Waals surface area contributed by atoms with Gasteiger partial charge < -0.3 is 15.2 Å². The second-order valence-corrected chi connectivity index (χ2v) is 6.99. The smallest absolute Gasteiger partial charge is 0.122 e. The summed E-state index contributed by atoms with van der Waals surface area (Å²) in [6, 6.07) is 8.47. The molecule has 0 saturated heterocycles. The SMILES string of the molecule is CSC1CCC(NCC(O)COc2ccccc2C)CC1. The number of rotatable bonds is 7. The lowest BCUT2D eigenvalue weighted by molar-refractivity contribution is 0.101. The quantitative estimate of drug-likeness (QED) is 0.812. The highest BCUT2D eigenvalue weighted by atomic mass is 32.2. The molecule has 0 spiro atoms. The van der Waals surface area contributed by atoms with Crippen LogP contribution in [0.5, 0.6) is 5.75 Å². The number of hydrogen-bond donors (Lipinski definition) is 2. The zero-order chi connectivity index (χ0) is 15.1. The van der Waals surface area contributed by atoms with E-state index >= 15 is 0 Å². The Labute approximate surface area is 132 Å². The molecule has 3 nitrogen and oxygen atoms in total. The van der Waals surface area contributed by atoms with Crippen LogP contribution >= 0.6 is 11.8 Å². The Bertz CT molecular complexity index is 419. The molecule has 1 saturated carbocycles. The molecule has 0 heterocycles. The van der Waals surface area contributed by atoms with E-state index in [1.165, 1.54) is 25.7 Å². The molecule has 1 fully saturated rings. The van der Waals surface area contributed by atoms with Crippen molar-refractivity contribution in [1.29, 1.82) is 0 Å². The summed E-state index contributed by atoms with van der Waals surface area (Å²) in [6.45, 7) is 2.97. The number of ether oxygens (including phenoxy) is 1. The minimum absolute atomic E-state index is 0.345. The van der Waals surface area contributed by atoms with E-state index in [2.05, 4.69) is 11.6 Å². The van der Waals surface area contributed by atoms with Gasteiger partial charge in [-0.2, -0.15) is 11.8 Å². The van der Waals surface area contributed by atoms with Gasteiger partial charge in [0.05, 0.1) is 0 Å². The van der Waals surface area contributed by atoms with E-state index in [0.29, 0.717) is 19.2 Å². The van der Waals surface area contributed by atoms with Crippen LogP contribution in [0.2, 0.25) is 0 Å². The van der Waals surface area contributed by atoms with Gasteiger partial charge in [0.25, 0.3) is 0 Å². The van der Waals surface area contributed by atoms with E-state index in [1.807, 2.05) is 43.0 Å². The summed E-state index contributed by atoms with van der Waals surface area (Å²) in [5, 5.41) is 14.3. The Kier molecular flexibility index (Phi) is 6.87. The predicted molar refractivity (Wildman–Crippen MR) is 90.2 cm³/mol. The molecule has 1 aliphatic carbocycles. The third kappa shape index (κ3) is 5.53. The molecular formula is C17H27NO2S. The highest BCUT2D eigenvalue weighted by molar-refractivity contribution is 7.99. The second-order valence-electron chi connectivity index (χ2n) is 5.85. The number of aryl methyl sites for hydroxylation is 1. The van der Waals surface area contributed by atoms with Crippen molar-refractivity contribution >= 4 is 11.8 Å². The van der Waals surface area contributed by atoms with Crippen molar-refractivity contribution in [3.8, 4) is 5.75 Å². The number of thioether (sulfide) groups is 1. The molecule has 1 aliphatic rings. The highest BCUT2D eigenvalue weighted by Crippen LogP contribution is 2.26. The number of benzene rings is 1. The summed E-state index contributed by atoms with van der Waals surface area (Å²) in [5.41, 5.74) is 1.10. The Morgan fingerprint density at radius 3 is 2.67 bits per heavy atom. The normalized spacial score (nSPS) is 23.8. The number of para-hydroxylation sites is 1. The molecule has 1 unspecified atom stereocenters. The molecule has 21 heavy (non-hydrogen) atoms. The Balaban J connectivity index is 1.64. The average Bonchev–Trinajstić information content (AvgIpc) is 2.52. The van der Waals surface area contributed by atoms with Crippen LogP contribution in [0.15, 0.2) is 24.3 Å². The average molecular weight is 309 g/mol. The van der Waals surface area contributed by atoms with Crippen molar-refractivity contribution in [3.05, 3.63) is 29.8 Å². The number of nitrogens with one attached hydrogen (secondary N) is 1. The fraction of sp³-hybridized carbons (Fsp3) is 0.647. The standard InChI is InChI=1S/C17H27NO2S/c1-13-5-3-4-6-17(13)20-12-15(19)11-18-14-7-9-16(21-2)10-8-14/h3-6,14-16,18-19H,7-12H2,1-2H3. The lowest BCUT2D eigenvalue weighted by atomic mass is 9.95. The predicted octanol–water partition coefficient (Wildman–Crippen LogP) is 3.00. The molecule has 1 atom stereocenters. The van der Waals surface area contributed by atoms with Gasteiger partial charge in [0.2, 0.25) is 0 Å². The molecule has 0 radical (unpaired) electrons. The van der Waals surface area contributed by atoms with Gasteiger partial charge in [0.15, 0.2) is 0 Å². The van der Waals surface area contributed by atoms with Crippen LogP contribution in [0.4, 0.5) is 0 Å². The first-order valence-electron chi connectivity index (χ1n) is 7.81. The Morgan fingerprint density at radius 2 is 2.00 bits per heavy atom. The van der Waals surface area contributed by atoms with E-state index in [1.54, 1.807) is 0 Å². The Morgan fingerprint density at radius 1 is 1.29 bits per heavy atom. The molecule has 4 heteroatoms. The second kappa shape index (κ2) is 8.66. The summed E-state index contributed by atoms with van der Waals surface area (Å²) in [7, 11) is 0. The maximum absolute atomic E-state index is 10.0. The van der Waals surface area contributed by atoms with Crippen LogP contribution in [-0.4, -0.2) is 41.9 Å². The molecule has 118 valence electrons. The molecular weight excluding hydrogens is 282 g/mol. The number of aliphatic hydroxyl groups is 1. The van der Waals surface area contributed by atoms with Crippen LogP contribution in [0.1, 0.15) is 31.2 Å². The largest absolute Gasteiger partial charge is 0.491 e. The third-order valence-corrected chi connectivity index (χ3v) is 5.31. The van der Waals surface area contributed by atoms with Gasteiger partial charge in [-0.05, 0) is 50.5 Å².